The zero-order valence-electron chi connectivity index (χ0n) is 15.4. The van der Waals surface area contributed by atoms with E-state index in [1.54, 1.807) is 6.08 Å². The molecule has 2 amide bonds. The van der Waals surface area contributed by atoms with Crippen molar-refractivity contribution in [3.63, 3.8) is 0 Å². The van der Waals surface area contributed by atoms with Crippen LogP contribution in [0.2, 0.25) is 5.02 Å². The van der Waals surface area contributed by atoms with Gasteiger partial charge in [-0.3, -0.25) is 14.5 Å². The first-order valence-electron chi connectivity index (χ1n) is 8.83. The zero-order chi connectivity index (χ0) is 20.3. The van der Waals surface area contributed by atoms with Gasteiger partial charge >= 0.3 is 0 Å². The Kier molecular flexibility index (Phi) is 6.86. The molecule has 0 aliphatic carbocycles. The lowest BCUT2D eigenvalue weighted by Crippen LogP contribution is -2.36. The molecule has 1 atom stereocenters. The molecule has 0 spiro atoms. The van der Waals surface area contributed by atoms with Crippen molar-refractivity contribution in [3.8, 4) is 5.75 Å². The maximum Gasteiger partial charge on any atom is 0.293 e. The van der Waals surface area contributed by atoms with E-state index in [9.17, 15) is 9.59 Å². The quantitative estimate of drug-likeness (QED) is 0.442. The monoisotopic (exact) mass is 479 g/mol. The highest BCUT2D eigenvalue weighted by molar-refractivity contribution is 9.10. The van der Waals surface area contributed by atoms with Crippen molar-refractivity contribution in [1.29, 1.82) is 0 Å². The number of carbonyl (C=O) groups excluding carboxylic acids is 2. The number of halogens is 2. The van der Waals surface area contributed by atoms with Crippen LogP contribution < -0.4 is 4.74 Å². The fraction of sp³-hybridized carbons (Fsp3) is 0.238. The van der Waals surface area contributed by atoms with Crippen molar-refractivity contribution in [3.05, 3.63) is 68.0 Å². The standard InChI is InChI=1S/C21H19BrClNO3S/c1-3-13(2)24-20(25)19(28-21(24)26)11-15-10-16(22)8-9-18(15)27-12-14-6-4-5-7-17(14)23/h4-11,13H,3,12H2,1-2H3/b19-11+/t13-/m0/s1. The molecule has 4 nitrogen and oxygen atoms in total. The molecule has 1 heterocycles. The fourth-order valence-electron chi connectivity index (χ4n) is 2.72. The van der Waals surface area contributed by atoms with Crippen LogP contribution in [0.1, 0.15) is 31.4 Å². The smallest absolute Gasteiger partial charge is 0.293 e. The van der Waals surface area contributed by atoms with E-state index in [1.807, 2.05) is 56.3 Å². The van der Waals surface area contributed by atoms with Crippen molar-refractivity contribution < 1.29 is 14.3 Å². The summed E-state index contributed by atoms with van der Waals surface area (Å²) in [5, 5.41) is 0.398. The van der Waals surface area contributed by atoms with Gasteiger partial charge in [0.25, 0.3) is 11.1 Å². The lowest BCUT2D eigenvalue weighted by Gasteiger charge is -2.19. The summed E-state index contributed by atoms with van der Waals surface area (Å²) in [5.41, 5.74) is 1.59. The SMILES string of the molecule is CC[C@H](C)N1C(=O)S/C(=C/c2cc(Br)ccc2OCc2ccccc2Cl)C1=O. The summed E-state index contributed by atoms with van der Waals surface area (Å²) in [6.07, 6.45) is 2.42. The summed E-state index contributed by atoms with van der Waals surface area (Å²) < 4.78 is 6.81. The Labute approximate surface area is 182 Å². The van der Waals surface area contributed by atoms with Gasteiger partial charge in [0.2, 0.25) is 0 Å². The first-order valence-corrected chi connectivity index (χ1v) is 10.8. The Hall–Kier alpha value is -1.76. The molecule has 1 fully saturated rings. The number of rotatable bonds is 6. The molecule has 1 aliphatic heterocycles. The Morgan fingerprint density at radius 1 is 1.25 bits per heavy atom. The highest BCUT2D eigenvalue weighted by Gasteiger charge is 2.37. The van der Waals surface area contributed by atoms with E-state index in [-0.39, 0.29) is 17.2 Å². The summed E-state index contributed by atoms with van der Waals surface area (Å²) in [6, 6.07) is 12.9. The van der Waals surface area contributed by atoms with E-state index in [1.165, 1.54) is 4.90 Å². The summed E-state index contributed by atoms with van der Waals surface area (Å²) in [5.74, 6) is 0.347. The van der Waals surface area contributed by atoms with E-state index in [4.69, 9.17) is 16.3 Å². The predicted octanol–water partition coefficient (Wildman–Crippen LogP) is 6.52. The van der Waals surface area contributed by atoms with Crippen LogP contribution in [0.4, 0.5) is 4.79 Å². The fourth-order valence-corrected chi connectivity index (χ4v) is 4.21. The summed E-state index contributed by atoms with van der Waals surface area (Å²) >= 11 is 10.6. The Bertz CT molecular complexity index is 947. The highest BCUT2D eigenvalue weighted by atomic mass is 79.9. The normalized spacial score (nSPS) is 16.7. The van der Waals surface area contributed by atoms with Crippen molar-refractivity contribution in [2.24, 2.45) is 0 Å². The minimum absolute atomic E-state index is 0.128. The third-order valence-corrected chi connectivity index (χ3v) is 6.20. The number of hydrogen-bond acceptors (Lipinski definition) is 4. The largest absolute Gasteiger partial charge is 0.488 e. The molecule has 146 valence electrons. The van der Waals surface area contributed by atoms with Crippen LogP contribution >= 0.6 is 39.3 Å². The maximum absolute atomic E-state index is 12.7. The molecule has 1 aliphatic rings. The van der Waals surface area contributed by atoms with E-state index in [0.29, 0.717) is 28.7 Å². The van der Waals surface area contributed by atoms with Gasteiger partial charge in [-0.1, -0.05) is 52.7 Å². The first-order chi connectivity index (χ1) is 13.4. The van der Waals surface area contributed by atoms with Crippen LogP contribution in [-0.4, -0.2) is 22.1 Å². The van der Waals surface area contributed by atoms with Gasteiger partial charge in [-0.15, -0.1) is 0 Å². The van der Waals surface area contributed by atoms with Gasteiger partial charge in [0.15, 0.2) is 0 Å². The maximum atomic E-state index is 12.7. The number of imide groups is 1. The Morgan fingerprint density at radius 3 is 2.71 bits per heavy atom. The zero-order valence-corrected chi connectivity index (χ0v) is 18.6. The van der Waals surface area contributed by atoms with E-state index in [2.05, 4.69) is 15.9 Å². The van der Waals surface area contributed by atoms with Crippen LogP contribution in [0.5, 0.6) is 5.75 Å². The third-order valence-electron chi connectivity index (χ3n) is 4.45. The molecule has 7 heteroatoms. The number of amides is 2. The van der Waals surface area contributed by atoms with Gasteiger partial charge < -0.3 is 4.74 Å². The summed E-state index contributed by atoms with van der Waals surface area (Å²) in [6.45, 7) is 4.12. The van der Waals surface area contributed by atoms with Crippen LogP contribution in [-0.2, 0) is 11.4 Å². The van der Waals surface area contributed by atoms with Crippen molar-refractivity contribution in [2.75, 3.05) is 0 Å². The second-order valence-electron chi connectivity index (χ2n) is 6.37. The first kappa shape index (κ1) is 21.0. The highest BCUT2D eigenvalue weighted by Crippen LogP contribution is 2.36. The van der Waals surface area contributed by atoms with Crippen LogP contribution in [0.25, 0.3) is 6.08 Å². The molecule has 0 N–H and O–H groups in total. The van der Waals surface area contributed by atoms with Crippen LogP contribution in [0, 0.1) is 0 Å². The minimum Gasteiger partial charge on any atom is -0.488 e. The molecule has 0 saturated carbocycles. The topological polar surface area (TPSA) is 46.6 Å². The minimum atomic E-state index is -0.263. The number of carbonyl (C=O) groups is 2. The molecule has 2 aromatic rings. The second-order valence-corrected chi connectivity index (χ2v) is 8.69. The van der Waals surface area contributed by atoms with Crippen molar-refractivity contribution in [1.82, 2.24) is 4.90 Å². The lowest BCUT2D eigenvalue weighted by atomic mass is 10.1. The molecular weight excluding hydrogens is 462 g/mol. The molecule has 28 heavy (non-hydrogen) atoms. The molecule has 1 saturated heterocycles. The molecule has 0 aromatic heterocycles. The Balaban J connectivity index is 1.87. The van der Waals surface area contributed by atoms with Gasteiger partial charge in [0.1, 0.15) is 12.4 Å². The lowest BCUT2D eigenvalue weighted by molar-refractivity contribution is -0.124. The predicted molar refractivity (Wildman–Crippen MR) is 117 cm³/mol. The second kappa shape index (κ2) is 9.16. The van der Waals surface area contributed by atoms with Crippen molar-refractivity contribution >= 4 is 56.5 Å². The number of thioether (sulfide) groups is 1. The average molecular weight is 481 g/mol. The molecule has 0 unspecified atom stereocenters. The number of hydrogen-bond donors (Lipinski definition) is 0. The molecule has 3 rings (SSSR count). The van der Waals surface area contributed by atoms with Crippen LogP contribution in [0.15, 0.2) is 51.8 Å². The van der Waals surface area contributed by atoms with E-state index in [0.717, 1.165) is 27.4 Å². The number of ether oxygens (including phenoxy) is 1. The van der Waals surface area contributed by atoms with Gasteiger partial charge in [-0.25, -0.2) is 0 Å². The number of nitrogens with zero attached hydrogens (tertiary/aromatic N) is 1. The van der Waals surface area contributed by atoms with E-state index >= 15 is 0 Å². The Morgan fingerprint density at radius 2 is 2.00 bits per heavy atom. The van der Waals surface area contributed by atoms with Gasteiger partial charge in [0.05, 0.1) is 4.91 Å². The molecule has 0 bridgehead atoms. The summed E-state index contributed by atoms with van der Waals surface area (Å²) in [4.78, 5) is 26.7. The average Bonchev–Trinajstić information content (AvgIpc) is 2.95. The van der Waals surface area contributed by atoms with E-state index < -0.39 is 0 Å². The van der Waals surface area contributed by atoms with Gasteiger partial charge in [0, 0.05) is 26.7 Å². The summed E-state index contributed by atoms with van der Waals surface area (Å²) in [7, 11) is 0. The third kappa shape index (κ3) is 4.62. The molecule has 0 radical (unpaired) electrons. The number of benzene rings is 2. The van der Waals surface area contributed by atoms with Gasteiger partial charge in [-0.05, 0) is 55.4 Å². The van der Waals surface area contributed by atoms with Crippen molar-refractivity contribution in [2.45, 2.75) is 32.9 Å². The van der Waals surface area contributed by atoms with Gasteiger partial charge in [-0.2, -0.15) is 0 Å². The molecule has 2 aromatic carbocycles. The molecular formula is C21H19BrClNO3S. The van der Waals surface area contributed by atoms with Crippen LogP contribution in [0.3, 0.4) is 0 Å².